The molecule has 242 valence electrons. The molecule has 0 aliphatic rings. The third-order valence-electron chi connectivity index (χ3n) is 8.75. The van der Waals surface area contributed by atoms with Crippen molar-refractivity contribution in [3.63, 3.8) is 0 Å². The molecule has 5 aromatic rings. The molecule has 0 aliphatic carbocycles. The van der Waals surface area contributed by atoms with Gasteiger partial charge in [0.25, 0.3) is 0 Å². The molecule has 0 atom stereocenters. The smallest absolute Gasteiger partial charge is 0.0449 e. The second-order valence-electron chi connectivity index (χ2n) is 12.5. The van der Waals surface area contributed by atoms with E-state index in [1.165, 1.54) is 161 Å². The van der Waals surface area contributed by atoms with Gasteiger partial charge in [-0.1, -0.05) is 122 Å². The zero-order chi connectivity index (χ0) is 30.9. The van der Waals surface area contributed by atoms with Crippen LogP contribution < -0.4 is 0 Å². The predicted octanol–water partition coefficient (Wildman–Crippen LogP) is 16.2. The lowest BCUT2D eigenvalue weighted by molar-refractivity contribution is 0.525. The summed E-state index contributed by atoms with van der Waals surface area (Å²) in [5.74, 6) is 0. The standard InChI is InChI=1S/C40H52S5/c1-2-3-4-5-6-7-8-9-10-11-12-13-14-15-16-17-18-19-21-32-23-24-35(42-32)36-27-28-39(44-36)40-30-29-38(45-40)37-26-25-34(43-37)33-22-20-31-41-33/h20,22-31H,2-19,21H2,1H3. The fraction of sp³-hybridized carbons (Fsp3) is 0.500. The van der Waals surface area contributed by atoms with Crippen LogP contribution in [0.1, 0.15) is 127 Å². The second-order valence-corrected chi connectivity index (χ2v) is 17.9. The quantitative estimate of drug-likeness (QED) is 0.0598. The number of thiophene rings is 5. The molecule has 5 rings (SSSR count). The lowest BCUT2D eigenvalue weighted by Gasteiger charge is -2.04. The van der Waals surface area contributed by atoms with E-state index in [1.807, 2.05) is 56.7 Å². The molecular formula is C40H52S5. The van der Waals surface area contributed by atoms with E-state index in [0.29, 0.717) is 0 Å². The van der Waals surface area contributed by atoms with Crippen LogP contribution in [0.15, 0.2) is 66.0 Å². The first kappa shape index (κ1) is 34.8. The van der Waals surface area contributed by atoms with Gasteiger partial charge in [0.15, 0.2) is 0 Å². The summed E-state index contributed by atoms with van der Waals surface area (Å²) in [5.41, 5.74) is 0. The van der Waals surface area contributed by atoms with Gasteiger partial charge in [0.05, 0.1) is 0 Å². The SMILES string of the molecule is CCCCCCCCCCCCCCCCCCCCc1ccc(-c2ccc(-c3ccc(-c4ccc(-c5cccs5)s4)s3)s2)s1. The van der Waals surface area contributed by atoms with Gasteiger partial charge in [-0.25, -0.2) is 0 Å². The van der Waals surface area contributed by atoms with Crippen LogP contribution in [-0.4, -0.2) is 0 Å². The van der Waals surface area contributed by atoms with Crippen molar-refractivity contribution in [3.05, 3.63) is 70.9 Å². The van der Waals surface area contributed by atoms with Gasteiger partial charge in [-0.3, -0.25) is 0 Å². The third kappa shape index (κ3) is 11.6. The van der Waals surface area contributed by atoms with Crippen LogP contribution in [0.2, 0.25) is 0 Å². The molecule has 0 aromatic carbocycles. The molecule has 0 bridgehead atoms. The zero-order valence-corrected chi connectivity index (χ0v) is 31.4. The summed E-state index contributed by atoms with van der Waals surface area (Å²) in [7, 11) is 0. The van der Waals surface area contributed by atoms with Gasteiger partial charge in [-0.2, -0.15) is 0 Å². The highest BCUT2D eigenvalue weighted by Crippen LogP contribution is 2.44. The van der Waals surface area contributed by atoms with Crippen molar-refractivity contribution in [2.45, 2.75) is 129 Å². The summed E-state index contributed by atoms with van der Waals surface area (Å²) in [6, 6.07) is 22.9. The van der Waals surface area contributed by atoms with Crippen molar-refractivity contribution in [1.29, 1.82) is 0 Å². The summed E-state index contributed by atoms with van der Waals surface area (Å²) in [5, 5.41) is 2.16. The van der Waals surface area contributed by atoms with Crippen LogP contribution in [0, 0.1) is 0 Å². The predicted molar refractivity (Wildman–Crippen MR) is 210 cm³/mol. The Labute approximate surface area is 293 Å². The maximum atomic E-state index is 2.37. The van der Waals surface area contributed by atoms with E-state index in [2.05, 4.69) is 73.0 Å². The van der Waals surface area contributed by atoms with Gasteiger partial charge in [0.2, 0.25) is 0 Å². The molecule has 0 amide bonds. The molecule has 5 aromatic heterocycles. The molecule has 0 nitrogen and oxygen atoms in total. The first-order valence-corrected chi connectivity index (χ1v) is 21.9. The summed E-state index contributed by atoms with van der Waals surface area (Å²) >= 11 is 9.59. The molecule has 5 heteroatoms. The number of unbranched alkanes of at least 4 members (excludes halogenated alkanes) is 17. The first-order valence-electron chi connectivity index (χ1n) is 17.7. The zero-order valence-electron chi connectivity index (χ0n) is 27.3. The fourth-order valence-electron chi connectivity index (χ4n) is 6.07. The van der Waals surface area contributed by atoms with Crippen molar-refractivity contribution in [2.75, 3.05) is 0 Å². The Morgan fingerprint density at radius 1 is 0.356 bits per heavy atom. The highest BCUT2D eigenvalue weighted by molar-refractivity contribution is 7.29. The largest absolute Gasteiger partial charge is 0.143 e. The molecule has 0 saturated heterocycles. The van der Waals surface area contributed by atoms with Gasteiger partial charge in [-0.05, 0) is 72.8 Å². The Morgan fingerprint density at radius 2 is 0.711 bits per heavy atom. The third-order valence-corrected chi connectivity index (χ3v) is 14.8. The normalized spacial score (nSPS) is 11.6. The molecule has 0 saturated carbocycles. The average molecular weight is 693 g/mol. The Balaban J connectivity index is 0.915. The molecule has 45 heavy (non-hydrogen) atoms. The average Bonchev–Trinajstić information content (AvgIpc) is 3.89. The van der Waals surface area contributed by atoms with Gasteiger partial charge in [-0.15, -0.1) is 56.7 Å². The topological polar surface area (TPSA) is 0 Å². The monoisotopic (exact) mass is 692 g/mol. The number of hydrogen-bond acceptors (Lipinski definition) is 5. The molecular weight excluding hydrogens is 641 g/mol. The summed E-state index contributed by atoms with van der Waals surface area (Å²) < 4.78 is 0. The van der Waals surface area contributed by atoms with Gasteiger partial charge in [0.1, 0.15) is 0 Å². The maximum absolute atomic E-state index is 2.37. The number of rotatable bonds is 23. The van der Waals surface area contributed by atoms with Crippen LogP contribution in [-0.2, 0) is 6.42 Å². The van der Waals surface area contributed by atoms with Gasteiger partial charge in [0, 0.05) is 43.9 Å². The summed E-state index contributed by atoms with van der Waals surface area (Å²) in [6.45, 7) is 2.30. The van der Waals surface area contributed by atoms with Crippen LogP contribution in [0.25, 0.3) is 39.0 Å². The van der Waals surface area contributed by atoms with E-state index in [-0.39, 0.29) is 0 Å². The van der Waals surface area contributed by atoms with E-state index in [0.717, 1.165) is 0 Å². The maximum Gasteiger partial charge on any atom is 0.0449 e. The van der Waals surface area contributed by atoms with Crippen molar-refractivity contribution in [2.24, 2.45) is 0 Å². The molecule has 0 aliphatic heterocycles. The van der Waals surface area contributed by atoms with Crippen molar-refractivity contribution in [1.82, 2.24) is 0 Å². The van der Waals surface area contributed by atoms with E-state index < -0.39 is 0 Å². The Hall–Kier alpha value is -1.50. The Kier molecular flexibility index (Phi) is 15.5. The highest BCUT2D eigenvalue weighted by Gasteiger charge is 2.12. The number of hydrogen-bond donors (Lipinski definition) is 0. The van der Waals surface area contributed by atoms with E-state index in [1.54, 1.807) is 4.88 Å². The van der Waals surface area contributed by atoms with E-state index in [4.69, 9.17) is 0 Å². The molecule has 0 spiro atoms. The van der Waals surface area contributed by atoms with E-state index >= 15 is 0 Å². The first-order chi connectivity index (χ1) is 22.3. The van der Waals surface area contributed by atoms with Crippen LogP contribution in [0.4, 0.5) is 0 Å². The fourth-order valence-corrected chi connectivity index (χ4v) is 11.2. The van der Waals surface area contributed by atoms with Crippen molar-refractivity contribution in [3.8, 4) is 39.0 Å². The highest BCUT2D eigenvalue weighted by atomic mass is 32.1. The Morgan fingerprint density at radius 3 is 1.11 bits per heavy atom. The molecule has 0 unspecified atom stereocenters. The van der Waals surface area contributed by atoms with E-state index in [9.17, 15) is 0 Å². The lowest BCUT2D eigenvalue weighted by atomic mass is 10.0. The summed E-state index contributed by atoms with van der Waals surface area (Å²) in [6.07, 6.45) is 27.1. The molecule has 5 heterocycles. The van der Waals surface area contributed by atoms with Crippen LogP contribution in [0.3, 0.4) is 0 Å². The minimum atomic E-state index is 1.24. The Bertz CT molecular complexity index is 1460. The van der Waals surface area contributed by atoms with Gasteiger partial charge < -0.3 is 0 Å². The van der Waals surface area contributed by atoms with Gasteiger partial charge >= 0.3 is 0 Å². The van der Waals surface area contributed by atoms with Crippen molar-refractivity contribution < 1.29 is 0 Å². The van der Waals surface area contributed by atoms with Crippen LogP contribution in [0.5, 0.6) is 0 Å². The van der Waals surface area contributed by atoms with Crippen LogP contribution >= 0.6 is 56.7 Å². The lowest BCUT2D eigenvalue weighted by Crippen LogP contribution is -1.85. The molecule has 0 N–H and O–H groups in total. The molecule has 0 radical (unpaired) electrons. The van der Waals surface area contributed by atoms with Crippen molar-refractivity contribution >= 4 is 56.7 Å². The summed E-state index contributed by atoms with van der Waals surface area (Å²) in [4.78, 5) is 12.6. The molecule has 0 fully saturated rings. The minimum absolute atomic E-state index is 1.24. The number of aryl methyl sites for hydroxylation is 1. The second kappa shape index (κ2) is 20.0. The minimum Gasteiger partial charge on any atom is -0.143 e.